The Morgan fingerprint density at radius 2 is 1.58 bits per heavy atom. The molecule has 1 aromatic heterocycles. The summed E-state index contributed by atoms with van der Waals surface area (Å²) in [5.41, 5.74) is 2.63. The highest BCUT2D eigenvalue weighted by molar-refractivity contribution is 7.80. The minimum atomic E-state index is 1.04. The predicted octanol–water partition coefficient (Wildman–Crippen LogP) is 4.67. The lowest BCUT2D eigenvalue weighted by Gasteiger charge is -2.06. The number of nitrogens with zero attached hydrogens (tertiary/aromatic N) is 2. The third-order valence-corrected chi connectivity index (χ3v) is 3.98. The summed E-state index contributed by atoms with van der Waals surface area (Å²) in [6.45, 7) is 5.49. The minimum Gasteiger partial charge on any atom is -0.269 e. The Labute approximate surface area is 124 Å². The molecule has 0 atom stereocenters. The standard InChI is InChI=1S/C16H30N2S/c1-3-15-14-16(4-2)18(17-15)12-10-8-6-5-7-9-11-13-19/h14,19H,3-13H2,1-2H3. The van der Waals surface area contributed by atoms with Gasteiger partial charge in [-0.3, -0.25) is 4.68 Å². The predicted molar refractivity (Wildman–Crippen MR) is 87.2 cm³/mol. The lowest BCUT2D eigenvalue weighted by Crippen LogP contribution is -2.04. The van der Waals surface area contributed by atoms with Crippen LogP contribution < -0.4 is 0 Å². The number of rotatable bonds is 11. The second kappa shape index (κ2) is 10.4. The highest BCUT2D eigenvalue weighted by atomic mass is 32.1. The van der Waals surface area contributed by atoms with Crippen LogP contribution in [0.25, 0.3) is 0 Å². The maximum atomic E-state index is 4.67. The Morgan fingerprint density at radius 1 is 0.947 bits per heavy atom. The third-order valence-electron chi connectivity index (χ3n) is 3.67. The molecule has 0 N–H and O–H groups in total. The van der Waals surface area contributed by atoms with Gasteiger partial charge in [0.1, 0.15) is 0 Å². The second-order valence-corrected chi connectivity index (χ2v) is 5.70. The van der Waals surface area contributed by atoms with Crippen LogP contribution in [-0.2, 0) is 19.4 Å². The van der Waals surface area contributed by atoms with Gasteiger partial charge >= 0.3 is 0 Å². The average molecular weight is 282 g/mol. The Morgan fingerprint density at radius 3 is 2.16 bits per heavy atom. The first-order valence-corrected chi connectivity index (χ1v) is 8.61. The smallest absolute Gasteiger partial charge is 0.0624 e. The summed E-state index contributed by atoms with van der Waals surface area (Å²) in [4.78, 5) is 0. The fourth-order valence-electron chi connectivity index (χ4n) is 2.42. The molecular formula is C16H30N2S. The van der Waals surface area contributed by atoms with Gasteiger partial charge in [-0.25, -0.2) is 0 Å². The molecule has 2 nitrogen and oxygen atoms in total. The monoisotopic (exact) mass is 282 g/mol. The van der Waals surface area contributed by atoms with Gasteiger partial charge in [-0.05, 0) is 37.5 Å². The fourth-order valence-corrected chi connectivity index (χ4v) is 2.65. The molecule has 0 saturated heterocycles. The molecule has 0 spiro atoms. The van der Waals surface area contributed by atoms with E-state index in [2.05, 4.69) is 42.3 Å². The molecule has 0 radical (unpaired) electrons. The van der Waals surface area contributed by atoms with Gasteiger partial charge in [0.25, 0.3) is 0 Å². The van der Waals surface area contributed by atoms with Crippen molar-refractivity contribution in [3.05, 3.63) is 17.5 Å². The summed E-state index contributed by atoms with van der Waals surface area (Å²) in [6.07, 6.45) is 11.5. The molecule has 110 valence electrons. The number of hydrogen-bond acceptors (Lipinski definition) is 2. The molecule has 0 unspecified atom stereocenters. The van der Waals surface area contributed by atoms with E-state index in [1.165, 1.54) is 56.3 Å². The first kappa shape index (κ1) is 16.6. The summed E-state index contributed by atoms with van der Waals surface area (Å²) in [7, 11) is 0. The van der Waals surface area contributed by atoms with Crippen LogP contribution in [0.3, 0.4) is 0 Å². The van der Waals surface area contributed by atoms with E-state index in [0.717, 1.165) is 25.1 Å². The molecule has 19 heavy (non-hydrogen) atoms. The van der Waals surface area contributed by atoms with Crippen LogP contribution in [0.1, 0.15) is 70.2 Å². The van der Waals surface area contributed by atoms with Crippen molar-refractivity contribution in [3.63, 3.8) is 0 Å². The van der Waals surface area contributed by atoms with Gasteiger partial charge in [0.15, 0.2) is 0 Å². The first-order chi connectivity index (χ1) is 9.31. The molecule has 0 saturated carbocycles. The maximum Gasteiger partial charge on any atom is 0.0624 e. The van der Waals surface area contributed by atoms with E-state index in [9.17, 15) is 0 Å². The van der Waals surface area contributed by atoms with Crippen LogP contribution in [0, 0.1) is 0 Å². The average Bonchev–Trinajstić information content (AvgIpc) is 2.84. The quantitative estimate of drug-likeness (QED) is 0.461. The fraction of sp³-hybridized carbons (Fsp3) is 0.812. The van der Waals surface area contributed by atoms with Crippen LogP contribution >= 0.6 is 12.6 Å². The van der Waals surface area contributed by atoms with Crippen molar-refractivity contribution < 1.29 is 0 Å². The Bertz CT molecular complexity index is 333. The van der Waals surface area contributed by atoms with Crippen molar-refractivity contribution >= 4 is 12.6 Å². The van der Waals surface area contributed by atoms with E-state index in [0.29, 0.717) is 0 Å². The van der Waals surface area contributed by atoms with Crippen LogP contribution in [0.5, 0.6) is 0 Å². The van der Waals surface area contributed by atoms with E-state index in [1.807, 2.05) is 0 Å². The molecule has 1 aromatic rings. The number of thiol groups is 1. The molecule has 0 aliphatic carbocycles. The molecule has 0 fully saturated rings. The van der Waals surface area contributed by atoms with Crippen LogP contribution in [-0.4, -0.2) is 15.5 Å². The number of hydrogen-bond donors (Lipinski definition) is 1. The third kappa shape index (κ3) is 6.51. The van der Waals surface area contributed by atoms with Gasteiger partial charge in [-0.1, -0.05) is 46.0 Å². The minimum absolute atomic E-state index is 1.04. The van der Waals surface area contributed by atoms with Crippen LogP contribution in [0.15, 0.2) is 6.07 Å². The van der Waals surface area contributed by atoms with Gasteiger partial charge in [-0.2, -0.15) is 17.7 Å². The summed E-state index contributed by atoms with van der Waals surface area (Å²) in [6, 6.07) is 2.26. The zero-order chi connectivity index (χ0) is 13.9. The summed E-state index contributed by atoms with van der Waals surface area (Å²) < 4.78 is 2.22. The van der Waals surface area contributed by atoms with Crippen molar-refractivity contribution in [2.45, 2.75) is 78.2 Å². The van der Waals surface area contributed by atoms with Crippen molar-refractivity contribution in [1.29, 1.82) is 0 Å². The SMILES string of the molecule is CCc1cc(CC)n(CCCCCCCCCS)n1. The largest absolute Gasteiger partial charge is 0.269 e. The van der Waals surface area contributed by atoms with Crippen LogP contribution in [0.4, 0.5) is 0 Å². The van der Waals surface area contributed by atoms with E-state index in [1.54, 1.807) is 0 Å². The normalized spacial score (nSPS) is 11.1. The first-order valence-electron chi connectivity index (χ1n) is 7.98. The molecule has 0 aromatic carbocycles. The zero-order valence-corrected chi connectivity index (χ0v) is 13.6. The van der Waals surface area contributed by atoms with E-state index >= 15 is 0 Å². The summed E-state index contributed by atoms with van der Waals surface area (Å²) in [5, 5.41) is 4.67. The molecule has 1 heterocycles. The molecule has 0 aliphatic heterocycles. The van der Waals surface area contributed by atoms with Gasteiger partial charge < -0.3 is 0 Å². The summed E-state index contributed by atoms with van der Waals surface area (Å²) in [5.74, 6) is 1.04. The maximum absolute atomic E-state index is 4.67. The molecule has 3 heteroatoms. The van der Waals surface area contributed by atoms with Gasteiger partial charge in [0.2, 0.25) is 0 Å². The lowest BCUT2D eigenvalue weighted by atomic mass is 10.1. The van der Waals surface area contributed by atoms with Gasteiger partial charge in [0.05, 0.1) is 5.69 Å². The summed E-state index contributed by atoms with van der Waals surface area (Å²) >= 11 is 4.24. The molecule has 1 rings (SSSR count). The highest BCUT2D eigenvalue weighted by Crippen LogP contribution is 2.11. The number of aromatic nitrogens is 2. The second-order valence-electron chi connectivity index (χ2n) is 5.26. The number of aryl methyl sites for hydroxylation is 3. The van der Waals surface area contributed by atoms with Crippen molar-refractivity contribution in [3.8, 4) is 0 Å². The molecular weight excluding hydrogens is 252 g/mol. The Kier molecular flexibility index (Phi) is 9.06. The van der Waals surface area contributed by atoms with Crippen molar-refractivity contribution in [2.24, 2.45) is 0 Å². The van der Waals surface area contributed by atoms with Gasteiger partial charge in [-0.15, -0.1) is 0 Å². The van der Waals surface area contributed by atoms with E-state index in [-0.39, 0.29) is 0 Å². The number of unbranched alkanes of at least 4 members (excludes halogenated alkanes) is 6. The van der Waals surface area contributed by atoms with Crippen molar-refractivity contribution in [1.82, 2.24) is 9.78 Å². The van der Waals surface area contributed by atoms with Crippen LogP contribution in [0.2, 0.25) is 0 Å². The van der Waals surface area contributed by atoms with E-state index < -0.39 is 0 Å². The lowest BCUT2D eigenvalue weighted by molar-refractivity contribution is 0.509. The van der Waals surface area contributed by atoms with Crippen molar-refractivity contribution in [2.75, 3.05) is 5.75 Å². The molecule has 0 amide bonds. The zero-order valence-electron chi connectivity index (χ0n) is 12.7. The van der Waals surface area contributed by atoms with Gasteiger partial charge in [0, 0.05) is 12.2 Å². The highest BCUT2D eigenvalue weighted by Gasteiger charge is 2.04. The topological polar surface area (TPSA) is 17.8 Å². The Balaban J connectivity index is 2.13. The molecule has 0 bridgehead atoms. The Hall–Kier alpha value is -0.440. The van der Waals surface area contributed by atoms with E-state index in [4.69, 9.17) is 0 Å². The molecule has 0 aliphatic rings.